The average Bonchev–Trinajstić information content (AvgIpc) is 2.76. The number of hydrogen-bond acceptors (Lipinski definition) is 2. The Labute approximate surface area is 178 Å². The van der Waals surface area contributed by atoms with Crippen LogP contribution in [0.1, 0.15) is 102 Å². The predicted octanol–water partition coefficient (Wildman–Crippen LogP) is 7.83. The van der Waals surface area contributed by atoms with E-state index < -0.39 is 0 Å². The molecule has 0 spiro atoms. The SMILES string of the molecule is C/C=C/CCC1CCC(c2ccc(OC(=O)C3CCC(CCC)CC3)cc2)CC1. The van der Waals surface area contributed by atoms with Gasteiger partial charge in [-0.15, -0.1) is 0 Å². The van der Waals surface area contributed by atoms with Gasteiger partial charge in [0.1, 0.15) is 5.75 Å². The molecule has 2 aliphatic rings. The van der Waals surface area contributed by atoms with Crippen molar-refractivity contribution in [2.45, 2.75) is 96.8 Å². The molecular weight excluding hydrogens is 356 g/mol. The highest BCUT2D eigenvalue weighted by atomic mass is 16.5. The first-order chi connectivity index (χ1) is 14.2. The first-order valence-corrected chi connectivity index (χ1v) is 12.1. The molecule has 1 aromatic rings. The first kappa shape index (κ1) is 22.1. The summed E-state index contributed by atoms with van der Waals surface area (Å²) in [6.07, 6.45) is 19.2. The van der Waals surface area contributed by atoms with Crippen molar-refractivity contribution in [3.05, 3.63) is 42.0 Å². The lowest BCUT2D eigenvalue weighted by molar-refractivity contribution is -0.140. The smallest absolute Gasteiger partial charge is 0.314 e. The molecule has 0 heterocycles. The summed E-state index contributed by atoms with van der Waals surface area (Å²) < 4.78 is 5.72. The van der Waals surface area contributed by atoms with E-state index in [-0.39, 0.29) is 11.9 Å². The number of ether oxygens (including phenoxy) is 1. The van der Waals surface area contributed by atoms with Crippen LogP contribution in [0.25, 0.3) is 0 Å². The maximum Gasteiger partial charge on any atom is 0.314 e. The maximum absolute atomic E-state index is 12.5. The number of rotatable bonds is 8. The van der Waals surface area contributed by atoms with E-state index >= 15 is 0 Å². The van der Waals surface area contributed by atoms with Crippen molar-refractivity contribution >= 4 is 5.97 Å². The third-order valence-corrected chi connectivity index (χ3v) is 7.27. The van der Waals surface area contributed by atoms with Gasteiger partial charge in [-0.2, -0.15) is 0 Å². The summed E-state index contributed by atoms with van der Waals surface area (Å²) in [5, 5.41) is 0. The molecule has 2 saturated carbocycles. The molecule has 29 heavy (non-hydrogen) atoms. The zero-order chi connectivity index (χ0) is 20.5. The van der Waals surface area contributed by atoms with Crippen molar-refractivity contribution in [1.82, 2.24) is 0 Å². The lowest BCUT2D eigenvalue weighted by Crippen LogP contribution is -2.25. The fourth-order valence-corrected chi connectivity index (χ4v) is 5.39. The normalized spacial score (nSPS) is 27.8. The monoisotopic (exact) mass is 396 g/mol. The maximum atomic E-state index is 12.5. The number of allylic oxidation sites excluding steroid dienone is 2. The van der Waals surface area contributed by atoms with Gasteiger partial charge in [-0.3, -0.25) is 4.79 Å². The second kappa shape index (κ2) is 11.6. The summed E-state index contributed by atoms with van der Waals surface area (Å²) in [5.74, 6) is 3.19. The molecule has 0 radical (unpaired) electrons. The molecule has 160 valence electrons. The Kier molecular flexibility index (Phi) is 8.83. The lowest BCUT2D eigenvalue weighted by atomic mass is 9.77. The van der Waals surface area contributed by atoms with Crippen molar-refractivity contribution < 1.29 is 9.53 Å². The summed E-state index contributed by atoms with van der Waals surface area (Å²) in [6.45, 7) is 4.36. The van der Waals surface area contributed by atoms with Gasteiger partial charge in [0.25, 0.3) is 0 Å². The van der Waals surface area contributed by atoms with Gasteiger partial charge in [0, 0.05) is 0 Å². The molecule has 0 aliphatic heterocycles. The molecule has 2 heteroatoms. The Morgan fingerprint density at radius 1 is 0.931 bits per heavy atom. The van der Waals surface area contributed by atoms with Crippen LogP contribution in [0.3, 0.4) is 0 Å². The Morgan fingerprint density at radius 2 is 1.55 bits per heavy atom. The lowest BCUT2D eigenvalue weighted by Gasteiger charge is -2.29. The molecule has 2 fully saturated rings. The van der Waals surface area contributed by atoms with Crippen molar-refractivity contribution in [3.63, 3.8) is 0 Å². The van der Waals surface area contributed by atoms with E-state index in [9.17, 15) is 4.79 Å². The molecule has 0 bridgehead atoms. The minimum absolute atomic E-state index is 0.0191. The Bertz CT molecular complexity index is 629. The quantitative estimate of drug-likeness (QED) is 0.254. The molecule has 0 saturated heterocycles. The summed E-state index contributed by atoms with van der Waals surface area (Å²) >= 11 is 0. The van der Waals surface area contributed by atoms with E-state index in [4.69, 9.17) is 4.74 Å². The predicted molar refractivity (Wildman–Crippen MR) is 121 cm³/mol. The van der Waals surface area contributed by atoms with Gasteiger partial charge in [-0.25, -0.2) is 0 Å². The first-order valence-electron chi connectivity index (χ1n) is 12.1. The Morgan fingerprint density at radius 3 is 2.17 bits per heavy atom. The highest BCUT2D eigenvalue weighted by molar-refractivity contribution is 5.75. The Hall–Kier alpha value is -1.57. The molecule has 2 aliphatic carbocycles. The van der Waals surface area contributed by atoms with Gasteiger partial charge < -0.3 is 4.74 Å². The fourth-order valence-electron chi connectivity index (χ4n) is 5.39. The number of carbonyl (C=O) groups excluding carboxylic acids is 1. The minimum atomic E-state index is -0.0191. The highest BCUT2D eigenvalue weighted by Crippen LogP contribution is 2.38. The number of hydrogen-bond donors (Lipinski definition) is 0. The second-order valence-corrected chi connectivity index (χ2v) is 9.36. The molecule has 0 unspecified atom stereocenters. The van der Waals surface area contributed by atoms with E-state index in [1.165, 1.54) is 69.8 Å². The van der Waals surface area contributed by atoms with Crippen LogP contribution in [0.15, 0.2) is 36.4 Å². The van der Waals surface area contributed by atoms with E-state index in [1.54, 1.807) is 0 Å². The number of esters is 1. The van der Waals surface area contributed by atoms with Gasteiger partial charge in [-0.1, -0.05) is 44.1 Å². The van der Waals surface area contributed by atoms with E-state index in [0.29, 0.717) is 5.92 Å². The molecule has 3 rings (SSSR count). The second-order valence-electron chi connectivity index (χ2n) is 9.36. The third-order valence-electron chi connectivity index (χ3n) is 7.27. The molecule has 0 N–H and O–H groups in total. The summed E-state index contributed by atoms with van der Waals surface area (Å²) in [7, 11) is 0. The highest BCUT2D eigenvalue weighted by Gasteiger charge is 2.27. The van der Waals surface area contributed by atoms with Crippen LogP contribution in [0.4, 0.5) is 0 Å². The number of carbonyl (C=O) groups is 1. The van der Waals surface area contributed by atoms with Crippen LogP contribution in [0.2, 0.25) is 0 Å². The molecule has 0 aromatic heterocycles. The molecule has 2 nitrogen and oxygen atoms in total. The van der Waals surface area contributed by atoms with Gasteiger partial charge >= 0.3 is 5.97 Å². The molecule has 1 aromatic carbocycles. The largest absolute Gasteiger partial charge is 0.426 e. The standard InChI is InChI=1S/C27H40O2/c1-3-5-6-8-22-9-13-23(14-10-22)24-17-19-26(20-18-24)29-27(28)25-15-11-21(7-4-2)12-16-25/h3,5,17-23,25H,4,6-16H2,1-2H3/b5-3+. The molecule has 0 atom stereocenters. The van der Waals surface area contributed by atoms with Gasteiger partial charge in [-0.05, 0) is 107 Å². The van der Waals surface area contributed by atoms with Gasteiger partial charge in [0.15, 0.2) is 0 Å². The number of benzene rings is 1. The van der Waals surface area contributed by atoms with Crippen LogP contribution in [0.5, 0.6) is 5.75 Å². The summed E-state index contributed by atoms with van der Waals surface area (Å²) in [6, 6.07) is 8.39. The van der Waals surface area contributed by atoms with Crippen molar-refractivity contribution in [2.75, 3.05) is 0 Å². The van der Waals surface area contributed by atoms with Crippen molar-refractivity contribution in [2.24, 2.45) is 17.8 Å². The van der Waals surface area contributed by atoms with Crippen molar-refractivity contribution in [3.8, 4) is 5.75 Å². The fraction of sp³-hybridized carbons (Fsp3) is 0.667. The Balaban J connectivity index is 1.43. The van der Waals surface area contributed by atoms with E-state index in [0.717, 1.165) is 30.4 Å². The topological polar surface area (TPSA) is 26.3 Å². The van der Waals surface area contributed by atoms with E-state index in [2.05, 4.69) is 38.1 Å². The van der Waals surface area contributed by atoms with Gasteiger partial charge in [0.2, 0.25) is 0 Å². The average molecular weight is 397 g/mol. The van der Waals surface area contributed by atoms with Crippen LogP contribution in [-0.2, 0) is 4.79 Å². The summed E-state index contributed by atoms with van der Waals surface area (Å²) in [4.78, 5) is 12.5. The van der Waals surface area contributed by atoms with Gasteiger partial charge in [0.05, 0.1) is 5.92 Å². The third kappa shape index (κ3) is 6.73. The van der Waals surface area contributed by atoms with Crippen LogP contribution < -0.4 is 4.74 Å². The van der Waals surface area contributed by atoms with Crippen LogP contribution in [0, 0.1) is 17.8 Å². The zero-order valence-corrected chi connectivity index (χ0v) is 18.6. The zero-order valence-electron chi connectivity index (χ0n) is 18.6. The van der Waals surface area contributed by atoms with Crippen molar-refractivity contribution in [1.29, 1.82) is 0 Å². The summed E-state index contributed by atoms with van der Waals surface area (Å²) in [5.41, 5.74) is 1.41. The minimum Gasteiger partial charge on any atom is -0.426 e. The molecule has 0 amide bonds. The van der Waals surface area contributed by atoms with Crippen LogP contribution >= 0.6 is 0 Å². The van der Waals surface area contributed by atoms with E-state index in [1.807, 2.05) is 12.1 Å². The molecular formula is C27H40O2. The van der Waals surface area contributed by atoms with Crippen LogP contribution in [-0.4, -0.2) is 5.97 Å².